The van der Waals surface area contributed by atoms with Crippen molar-refractivity contribution in [2.75, 3.05) is 13.2 Å². The molecule has 0 aliphatic heterocycles. The van der Waals surface area contributed by atoms with E-state index in [0.717, 1.165) is 24.3 Å². The van der Waals surface area contributed by atoms with Crippen molar-refractivity contribution in [3.05, 3.63) is 23.8 Å². The Morgan fingerprint density at radius 1 is 1.33 bits per heavy atom. The molecule has 24 heavy (non-hydrogen) atoms. The fourth-order valence-corrected chi connectivity index (χ4v) is 2.83. The molecule has 2 fully saturated rings. The number of phenols is 1. The van der Waals surface area contributed by atoms with Crippen LogP contribution >= 0.6 is 0 Å². The molecule has 1 amide bonds. The number of nitrogens with one attached hydrogen (secondary N) is 1. The molecule has 5 heteroatoms. The van der Waals surface area contributed by atoms with E-state index in [4.69, 9.17) is 9.47 Å². The number of phenolic OH excluding ortho intramolecular Hbond substituents is 1. The molecule has 1 aromatic rings. The molecule has 2 saturated carbocycles. The zero-order valence-corrected chi connectivity index (χ0v) is 14.7. The number of carbonyl (C=O) groups excluding carboxylic acids is 1. The Morgan fingerprint density at radius 2 is 2.08 bits per heavy atom. The van der Waals surface area contributed by atoms with Gasteiger partial charge >= 0.3 is 6.09 Å². The van der Waals surface area contributed by atoms with Crippen molar-refractivity contribution >= 4 is 6.09 Å². The molecule has 0 bridgehead atoms. The van der Waals surface area contributed by atoms with Crippen LogP contribution in [0.15, 0.2) is 18.2 Å². The normalized spacial score (nSPS) is 22.8. The fourth-order valence-electron chi connectivity index (χ4n) is 2.83. The van der Waals surface area contributed by atoms with Gasteiger partial charge in [0.25, 0.3) is 0 Å². The summed E-state index contributed by atoms with van der Waals surface area (Å²) in [6, 6.07) is 5.31. The first kappa shape index (κ1) is 16.9. The zero-order chi connectivity index (χ0) is 17.3. The lowest BCUT2D eigenvalue weighted by Gasteiger charge is -2.19. The molecule has 1 aromatic carbocycles. The van der Waals surface area contributed by atoms with Gasteiger partial charge < -0.3 is 19.9 Å². The van der Waals surface area contributed by atoms with Crippen LogP contribution in [0, 0.1) is 11.8 Å². The summed E-state index contributed by atoms with van der Waals surface area (Å²) >= 11 is 0. The number of aromatic hydroxyl groups is 1. The van der Waals surface area contributed by atoms with Gasteiger partial charge in [0.2, 0.25) is 0 Å². The van der Waals surface area contributed by atoms with Gasteiger partial charge in [-0.1, -0.05) is 0 Å². The number of alkyl carbamates (subject to hydrolysis) is 1. The lowest BCUT2D eigenvalue weighted by Crippen LogP contribution is -2.33. The first-order valence-electron chi connectivity index (χ1n) is 8.74. The SMILES string of the molecule is CC(C)(C)OC(=O)NCC1CC1c1cc(O)ccc1OCC1CC1. The first-order chi connectivity index (χ1) is 11.3. The third kappa shape index (κ3) is 4.79. The minimum absolute atomic E-state index is 0.259. The molecular formula is C19H27NO4. The summed E-state index contributed by atoms with van der Waals surface area (Å²) in [5.74, 6) is 2.50. The molecule has 0 aromatic heterocycles. The summed E-state index contributed by atoms with van der Waals surface area (Å²) in [5, 5.41) is 12.6. The Labute approximate surface area is 143 Å². The van der Waals surface area contributed by atoms with Gasteiger partial charge in [0.1, 0.15) is 17.1 Å². The number of ether oxygens (including phenoxy) is 2. The van der Waals surface area contributed by atoms with Crippen LogP contribution in [-0.2, 0) is 4.74 Å². The number of hydrogen-bond acceptors (Lipinski definition) is 4. The van der Waals surface area contributed by atoms with Crippen molar-refractivity contribution in [2.24, 2.45) is 11.8 Å². The highest BCUT2D eigenvalue weighted by atomic mass is 16.6. The van der Waals surface area contributed by atoms with Crippen LogP contribution < -0.4 is 10.1 Å². The number of rotatable bonds is 6. The highest BCUT2D eigenvalue weighted by Crippen LogP contribution is 2.51. The van der Waals surface area contributed by atoms with Gasteiger partial charge in [0.05, 0.1) is 6.61 Å². The summed E-state index contributed by atoms with van der Waals surface area (Å²) in [4.78, 5) is 11.7. The quantitative estimate of drug-likeness (QED) is 0.831. The Balaban J connectivity index is 1.54. The third-order valence-electron chi connectivity index (χ3n) is 4.39. The molecule has 0 spiro atoms. The summed E-state index contributed by atoms with van der Waals surface area (Å²) < 4.78 is 11.2. The van der Waals surface area contributed by atoms with Crippen LogP contribution in [0.2, 0.25) is 0 Å². The van der Waals surface area contributed by atoms with E-state index >= 15 is 0 Å². The van der Waals surface area contributed by atoms with E-state index in [1.54, 1.807) is 12.1 Å². The van der Waals surface area contributed by atoms with Crippen LogP contribution in [0.4, 0.5) is 4.79 Å². The molecule has 2 atom stereocenters. The molecule has 2 unspecified atom stereocenters. The van der Waals surface area contributed by atoms with Gasteiger partial charge in [-0.15, -0.1) is 0 Å². The third-order valence-corrected chi connectivity index (χ3v) is 4.39. The van der Waals surface area contributed by atoms with Crippen LogP contribution in [0.25, 0.3) is 0 Å². The average molecular weight is 333 g/mol. The Hall–Kier alpha value is -1.91. The maximum absolute atomic E-state index is 11.7. The summed E-state index contributed by atoms with van der Waals surface area (Å²) in [6.45, 7) is 6.89. The number of carbonyl (C=O) groups is 1. The lowest BCUT2D eigenvalue weighted by atomic mass is 10.1. The summed E-state index contributed by atoms with van der Waals surface area (Å²) in [5.41, 5.74) is 0.564. The molecule has 2 aliphatic rings. The Morgan fingerprint density at radius 3 is 2.75 bits per heavy atom. The van der Waals surface area contributed by atoms with Gasteiger partial charge in [0.15, 0.2) is 0 Å². The summed E-state index contributed by atoms with van der Waals surface area (Å²) in [6.07, 6.45) is 3.10. The van der Waals surface area contributed by atoms with E-state index in [1.165, 1.54) is 12.8 Å². The fraction of sp³-hybridized carbons (Fsp3) is 0.632. The predicted molar refractivity (Wildman–Crippen MR) is 91.4 cm³/mol. The Bertz CT molecular complexity index is 604. The standard InChI is InChI=1S/C19H27NO4/c1-19(2,3)24-18(22)20-10-13-8-15(13)16-9-14(21)6-7-17(16)23-11-12-4-5-12/h6-7,9,12-13,15,21H,4-5,8,10-11H2,1-3H3,(H,20,22). The van der Waals surface area contributed by atoms with E-state index in [-0.39, 0.29) is 11.8 Å². The monoisotopic (exact) mass is 333 g/mol. The van der Waals surface area contributed by atoms with E-state index in [9.17, 15) is 9.90 Å². The highest BCUT2D eigenvalue weighted by molar-refractivity contribution is 5.67. The molecule has 2 N–H and O–H groups in total. The van der Waals surface area contributed by atoms with Crippen molar-refractivity contribution in [3.8, 4) is 11.5 Å². The molecule has 2 aliphatic carbocycles. The van der Waals surface area contributed by atoms with Crippen molar-refractivity contribution in [3.63, 3.8) is 0 Å². The molecule has 5 nitrogen and oxygen atoms in total. The topological polar surface area (TPSA) is 67.8 Å². The number of hydrogen-bond donors (Lipinski definition) is 2. The second-order valence-corrected chi connectivity index (χ2v) is 7.96. The van der Waals surface area contributed by atoms with Crippen molar-refractivity contribution < 1.29 is 19.4 Å². The van der Waals surface area contributed by atoms with Crippen LogP contribution in [0.3, 0.4) is 0 Å². The van der Waals surface area contributed by atoms with Crippen LogP contribution in [0.1, 0.15) is 51.5 Å². The molecule has 3 rings (SSSR count). The number of benzene rings is 1. The maximum atomic E-state index is 11.7. The highest BCUT2D eigenvalue weighted by Gasteiger charge is 2.40. The molecule has 0 saturated heterocycles. The van der Waals surface area contributed by atoms with Gasteiger partial charge in [-0.2, -0.15) is 0 Å². The molecule has 132 valence electrons. The van der Waals surface area contributed by atoms with Crippen molar-refractivity contribution in [1.82, 2.24) is 5.32 Å². The predicted octanol–water partition coefficient (Wildman–Crippen LogP) is 3.81. The van der Waals surface area contributed by atoms with E-state index in [2.05, 4.69) is 5.32 Å². The van der Waals surface area contributed by atoms with Crippen molar-refractivity contribution in [1.29, 1.82) is 0 Å². The van der Waals surface area contributed by atoms with E-state index < -0.39 is 5.60 Å². The average Bonchev–Trinajstić information content (AvgIpc) is 3.36. The molecule has 0 heterocycles. The molecular weight excluding hydrogens is 306 g/mol. The van der Waals surface area contributed by atoms with Crippen LogP contribution in [0.5, 0.6) is 11.5 Å². The zero-order valence-electron chi connectivity index (χ0n) is 14.7. The summed E-state index contributed by atoms with van der Waals surface area (Å²) in [7, 11) is 0. The molecule has 0 radical (unpaired) electrons. The van der Waals surface area contributed by atoms with Crippen molar-refractivity contribution in [2.45, 2.75) is 51.6 Å². The largest absolute Gasteiger partial charge is 0.508 e. The van der Waals surface area contributed by atoms with Gasteiger partial charge in [-0.3, -0.25) is 0 Å². The maximum Gasteiger partial charge on any atom is 0.407 e. The smallest absolute Gasteiger partial charge is 0.407 e. The van der Waals surface area contributed by atoms with Gasteiger partial charge in [-0.05, 0) is 76.0 Å². The minimum Gasteiger partial charge on any atom is -0.508 e. The van der Waals surface area contributed by atoms with Gasteiger partial charge in [-0.25, -0.2) is 4.79 Å². The first-order valence-corrected chi connectivity index (χ1v) is 8.74. The lowest BCUT2D eigenvalue weighted by molar-refractivity contribution is 0.0525. The number of amides is 1. The van der Waals surface area contributed by atoms with E-state index in [1.807, 2.05) is 26.8 Å². The second kappa shape index (κ2) is 6.54. The van der Waals surface area contributed by atoms with Crippen LogP contribution in [-0.4, -0.2) is 30.0 Å². The van der Waals surface area contributed by atoms with E-state index in [0.29, 0.717) is 24.3 Å². The Kier molecular flexibility index (Phi) is 4.61. The minimum atomic E-state index is -0.484. The van der Waals surface area contributed by atoms with Gasteiger partial charge in [0, 0.05) is 12.1 Å². The second-order valence-electron chi connectivity index (χ2n) is 7.96.